The number of hydrogen-bond donors (Lipinski definition) is 5. The Morgan fingerprint density at radius 1 is 0.800 bits per heavy atom. The number of nitrogens with one attached hydrogen (secondary N) is 5. The molecule has 0 saturated carbocycles. The molecule has 0 aromatic heterocycles. The molecule has 12 nitrogen and oxygen atoms in total. The molecule has 3 aromatic carbocycles. The predicted molar refractivity (Wildman–Crippen MR) is 192 cm³/mol. The molecule has 0 spiro atoms. The molecule has 5 amide bonds. The summed E-state index contributed by atoms with van der Waals surface area (Å²) in [5, 5.41) is 14.9. The maximum atomic E-state index is 13.9. The second kappa shape index (κ2) is 18.0. The normalized spacial score (nSPS) is 15.0. The maximum absolute atomic E-state index is 13.9. The van der Waals surface area contributed by atoms with Crippen molar-refractivity contribution < 1.29 is 28.7 Å². The van der Waals surface area contributed by atoms with Crippen LogP contribution in [0.5, 0.6) is 0 Å². The van der Waals surface area contributed by atoms with Crippen LogP contribution in [0.2, 0.25) is 0 Å². The van der Waals surface area contributed by atoms with E-state index in [0.717, 1.165) is 11.1 Å². The minimum absolute atomic E-state index is 0.116. The quantitative estimate of drug-likeness (QED) is 0.154. The Morgan fingerprint density at radius 3 is 2.00 bits per heavy atom. The van der Waals surface area contributed by atoms with E-state index in [1.165, 1.54) is 11.0 Å². The van der Waals surface area contributed by atoms with Crippen molar-refractivity contribution in [3.63, 3.8) is 0 Å². The second-order valence-electron chi connectivity index (χ2n) is 12.8. The van der Waals surface area contributed by atoms with Crippen molar-refractivity contribution in [3.8, 4) is 0 Å². The molecular formula is C38H48N6O6. The van der Waals surface area contributed by atoms with Crippen LogP contribution in [0, 0.1) is 5.92 Å². The lowest BCUT2D eigenvalue weighted by Crippen LogP contribution is -2.55. The van der Waals surface area contributed by atoms with Gasteiger partial charge in [0.2, 0.25) is 11.8 Å². The highest BCUT2D eigenvalue weighted by Gasteiger charge is 2.28. The third-order valence-corrected chi connectivity index (χ3v) is 8.48. The number of benzene rings is 3. The predicted octanol–water partition coefficient (Wildman–Crippen LogP) is 3.73. The largest absolute Gasteiger partial charge is 0.447 e. The lowest BCUT2D eigenvalue weighted by atomic mass is 10.0. The summed E-state index contributed by atoms with van der Waals surface area (Å²) in [5.41, 5.74) is 2.65. The van der Waals surface area contributed by atoms with Gasteiger partial charge in [-0.25, -0.2) is 4.79 Å². The van der Waals surface area contributed by atoms with Gasteiger partial charge in [0.15, 0.2) is 0 Å². The summed E-state index contributed by atoms with van der Waals surface area (Å²) in [7, 11) is 0. The second-order valence-corrected chi connectivity index (χ2v) is 12.8. The van der Waals surface area contributed by atoms with Gasteiger partial charge in [-0.15, -0.1) is 0 Å². The van der Waals surface area contributed by atoms with Gasteiger partial charge in [0.25, 0.3) is 11.8 Å². The summed E-state index contributed by atoms with van der Waals surface area (Å²) in [6, 6.07) is 21.6. The maximum Gasteiger partial charge on any atom is 0.414 e. The van der Waals surface area contributed by atoms with Gasteiger partial charge >= 0.3 is 6.09 Å². The molecule has 0 unspecified atom stereocenters. The highest BCUT2D eigenvalue weighted by molar-refractivity contribution is 6.03. The van der Waals surface area contributed by atoms with E-state index in [0.29, 0.717) is 18.7 Å². The van der Waals surface area contributed by atoms with Crippen LogP contribution < -0.4 is 31.5 Å². The summed E-state index contributed by atoms with van der Waals surface area (Å²) in [5.74, 6) is -1.57. The Kier molecular flexibility index (Phi) is 13.5. The van der Waals surface area contributed by atoms with Crippen molar-refractivity contribution in [2.24, 2.45) is 5.92 Å². The molecule has 3 aromatic rings. The van der Waals surface area contributed by atoms with Crippen LogP contribution in [-0.2, 0) is 20.7 Å². The molecule has 1 saturated heterocycles. The molecule has 5 N–H and O–H groups in total. The molecule has 0 aliphatic carbocycles. The molecule has 4 atom stereocenters. The molecule has 4 rings (SSSR count). The minimum Gasteiger partial charge on any atom is -0.447 e. The fraction of sp³-hybridized carbons (Fsp3) is 0.395. The van der Waals surface area contributed by atoms with Crippen molar-refractivity contribution in [2.45, 2.75) is 65.2 Å². The van der Waals surface area contributed by atoms with Gasteiger partial charge in [-0.3, -0.25) is 24.1 Å². The molecular weight excluding hydrogens is 636 g/mol. The molecule has 12 heteroatoms. The van der Waals surface area contributed by atoms with E-state index < -0.39 is 36.0 Å². The summed E-state index contributed by atoms with van der Waals surface area (Å²) in [4.78, 5) is 67.0. The average molecular weight is 685 g/mol. The Bertz CT molecular complexity index is 1630. The molecule has 0 bridgehead atoms. The fourth-order valence-corrected chi connectivity index (χ4v) is 5.61. The molecule has 1 fully saturated rings. The van der Waals surface area contributed by atoms with E-state index in [4.69, 9.17) is 4.74 Å². The Balaban J connectivity index is 1.54. The van der Waals surface area contributed by atoms with E-state index in [-0.39, 0.29) is 54.6 Å². The third kappa shape index (κ3) is 10.4. The van der Waals surface area contributed by atoms with Crippen LogP contribution in [0.4, 0.5) is 10.5 Å². The number of anilines is 1. The Hall–Kier alpha value is -5.23. The highest BCUT2D eigenvalue weighted by Crippen LogP contribution is 2.24. The van der Waals surface area contributed by atoms with Crippen LogP contribution in [0.15, 0.2) is 78.9 Å². The molecule has 0 radical (unpaired) electrons. The molecule has 266 valence electrons. The van der Waals surface area contributed by atoms with Gasteiger partial charge in [0.05, 0.1) is 18.6 Å². The Morgan fingerprint density at radius 2 is 1.42 bits per heavy atom. The molecule has 1 heterocycles. The summed E-state index contributed by atoms with van der Waals surface area (Å²) in [6.07, 6.45) is -0.113. The molecule has 1 aliphatic rings. The average Bonchev–Trinajstić information content (AvgIpc) is 3.55. The van der Waals surface area contributed by atoms with Gasteiger partial charge in [0.1, 0.15) is 12.6 Å². The monoisotopic (exact) mass is 684 g/mol. The van der Waals surface area contributed by atoms with Gasteiger partial charge in [-0.05, 0) is 62.4 Å². The van der Waals surface area contributed by atoms with Crippen molar-refractivity contribution in [3.05, 3.63) is 101 Å². The minimum atomic E-state index is -0.686. The third-order valence-electron chi connectivity index (χ3n) is 8.48. The lowest BCUT2D eigenvalue weighted by molar-refractivity contribution is -0.130. The number of amides is 5. The smallest absolute Gasteiger partial charge is 0.414 e. The first-order valence-electron chi connectivity index (χ1n) is 17.1. The van der Waals surface area contributed by atoms with Gasteiger partial charge < -0.3 is 31.3 Å². The number of ether oxygens (including phenoxy) is 1. The van der Waals surface area contributed by atoms with Crippen molar-refractivity contribution in [1.82, 2.24) is 26.6 Å². The first-order valence-corrected chi connectivity index (χ1v) is 17.1. The number of hydrogen-bond acceptors (Lipinski definition) is 7. The standard InChI is InChI=1S/C38H48N6O6/c1-6-39-37(48)33(24(2)3)43-34(45)26(5)40-23-31(19-27-13-9-7-10-14-27)42-36(47)30-20-29(21-32(22-30)44-17-18-50-38(44)49)35(46)41-25(4)28-15-11-8-12-16-28/h7-16,20-22,24-26,31,33,40H,6,17-19,23H2,1-5H3,(H,39,48)(H,41,46)(H,42,47)(H,43,45)/t25-,26+,31+,33+/m1/s1. The number of nitrogens with zero attached hydrogens (tertiary/aromatic N) is 1. The number of likely N-dealkylation sites (N-methyl/N-ethyl adjacent to an activating group) is 1. The van der Waals surface area contributed by atoms with Crippen LogP contribution >= 0.6 is 0 Å². The van der Waals surface area contributed by atoms with Crippen molar-refractivity contribution in [2.75, 3.05) is 31.1 Å². The zero-order valence-corrected chi connectivity index (χ0v) is 29.3. The van der Waals surface area contributed by atoms with Crippen LogP contribution in [0.25, 0.3) is 0 Å². The van der Waals surface area contributed by atoms with Gasteiger partial charge in [-0.1, -0.05) is 74.5 Å². The van der Waals surface area contributed by atoms with E-state index in [1.54, 1.807) is 19.1 Å². The van der Waals surface area contributed by atoms with Crippen molar-refractivity contribution in [1.29, 1.82) is 0 Å². The van der Waals surface area contributed by atoms with Gasteiger partial charge in [-0.2, -0.15) is 0 Å². The fourth-order valence-electron chi connectivity index (χ4n) is 5.61. The number of rotatable bonds is 16. The zero-order chi connectivity index (χ0) is 36.2. The van der Waals surface area contributed by atoms with Crippen LogP contribution in [0.3, 0.4) is 0 Å². The van der Waals surface area contributed by atoms with Gasteiger partial charge in [0, 0.05) is 35.9 Å². The summed E-state index contributed by atoms with van der Waals surface area (Å²) >= 11 is 0. The number of cyclic esters (lactones) is 1. The number of carbonyl (C=O) groups is 5. The van der Waals surface area contributed by atoms with E-state index in [2.05, 4.69) is 26.6 Å². The Labute approximate surface area is 293 Å². The summed E-state index contributed by atoms with van der Waals surface area (Å²) in [6.45, 7) is 10.3. The first-order chi connectivity index (χ1) is 24.0. The SMILES string of the molecule is CCNC(=O)[C@@H](NC(=O)[C@H](C)NC[C@H](Cc1ccccc1)NC(=O)c1cc(C(=O)N[C@H](C)c2ccccc2)cc(N2CCOC2=O)c1)C(C)C. The highest BCUT2D eigenvalue weighted by atomic mass is 16.6. The first kappa shape index (κ1) is 37.6. The van der Waals surface area contributed by atoms with E-state index in [9.17, 15) is 24.0 Å². The van der Waals surface area contributed by atoms with Crippen LogP contribution in [-0.4, -0.2) is 74.1 Å². The van der Waals surface area contributed by atoms with Crippen LogP contribution in [0.1, 0.15) is 72.5 Å². The number of carbonyl (C=O) groups excluding carboxylic acids is 5. The lowest BCUT2D eigenvalue weighted by Gasteiger charge is -2.25. The molecule has 1 aliphatic heterocycles. The molecule has 50 heavy (non-hydrogen) atoms. The topological polar surface area (TPSA) is 158 Å². The van der Waals surface area contributed by atoms with Crippen molar-refractivity contribution >= 4 is 35.4 Å². The summed E-state index contributed by atoms with van der Waals surface area (Å²) < 4.78 is 5.13. The van der Waals surface area contributed by atoms with E-state index in [1.807, 2.05) is 88.4 Å². The zero-order valence-electron chi connectivity index (χ0n) is 29.3. The van der Waals surface area contributed by atoms with E-state index >= 15 is 0 Å².